The number of aromatic nitrogens is 3. The predicted molar refractivity (Wildman–Crippen MR) is 128 cm³/mol. The molecule has 0 spiro atoms. The molecule has 1 aliphatic heterocycles. The van der Waals surface area contributed by atoms with Gasteiger partial charge in [0.15, 0.2) is 0 Å². The Labute approximate surface area is 192 Å². The Morgan fingerprint density at radius 3 is 2.18 bits per heavy atom. The van der Waals surface area contributed by atoms with Crippen LogP contribution >= 0.6 is 0 Å². The summed E-state index contributed by atoms with van der Waals surface area (Å²) in [4.78, 5) is 17.3. The average Bonchev–Trinajstić information content (AvgIpc) is 3.39. The minimum absolute atomic E-state index is 0.0585. The van der Waals surface area contributed by atoms with Crippen molar-refractivity contribution < 1.29 is 9.53 Å². The number of para-hydroxylation sites is 1. The zero-order chi connectivity index (χ0) is 22.6. The van der Waals surface area contributed by atoms with Gasteiger partial charge in [-0.25, -0.2) is 4.68 Å². The number of carbonyl (C=O) groups excluding carboxylic acids is 1. The molecule has 5 rings (SSSR count). The fourth-order valence-corrected chi connectivity index (χ4v) is 4.12. The summed E-state index contributed by atoms with van der Waals surface area (Å²) < 4.78 is 7.01. The van der Waals surface area contributed by atoms with E-state index in [0.717, 1.165) is 35.8 Å². The highest BCUT2D eigenvalue weighted by atomic mass is 16.5. The summed E-state index contributed by atoms with van der Waals surface area (Å²) in [6.07, 6.45) is 1.73. The monoisotopic (exact) mass is 439 g/mol. The molecule has 7 nitrogen and oxygen atoms in total. The molecule has 0 N–H and O–H groups in total. The minimum Gasteiger partial charge on any atom is -0.497 e. The van der Waals surface area contributed by atoms with Crippen LogP contribution in [0.25, 0.3) is 16.9 Å². The largest absolute Gasteiger partial charge is 0.497 e. The van der Waals surface area contributed by atoms with Gasteiger partial charge in [-0.2, -0.15) is 0 Å². The summed E-state index contributed by atoms with van der Waals surface area (Å²) in [6.45, 7) is 3.08. The number of rotatable bonds is 5. The second kappa shape index (κ2) is 9.16. The van der Waals surface area contributed by atoms with Crippen LogP contribution in [-0.2, 0) is 0 Å². The van der Waals surface area contributed by atoms with E-state index in [9.17, 15) is 4.79 Å². The molecule has 2 heterocycles. The molecular weight excluding hydrogens is 414 g/mol. The lowest BCUT2D eigenvalue weighted by atomic mass is 10.1. The van der Waals surface area contributed by atoms with Crippen molar-refractivity contribution in [1.29, 1.82) is 0 Å². The Bertz CT molecular complexity index is 1210. The maximum Gasteiger partial charge on any atom is 0.253 e. The van der Waals surface area contributed by atoms with Gasteiger partial charge in [0.1, 0.15) is 5.75 Å². The molecule has 0 bridgehead atoms. The van der Waals surface area contributed by atoms with Crippen LogP contribution in [0.2, 0.25) is 0 Å². The number of ether oxygens (including phenoxy) is 1. The van der Waals surface area contributed by atoms with E-state index in [-0.39, 0.29) is 5.91 Å². The summed E-state index contributed by atoms with van der Waals surface area (Å²) in [5.41, 5.74) is 4.59. The fraction of sp³-hybridized carbons (Fsp3) is 0.192. The van der Waals surface area contributed by atoms with E-state index in [1.54, 1.807) is 18.0 Å². The van der Waals surface area contributed by atoms with Gasteiger partial charge in [0.05, 0.1) is 24.7 Å². The Hall–Kier alpha value is -4.13. The first-order chi connectivity index (χ1) is 16.2. The lowest BCUT2D eigenvalue weighted by molar-refractivity contribution is 0.0747. The fourth-order valence-electron chi connectivity index (χ4n) is 4.12. The third-order valence-corrected chi connectivity index (χ3v) is 5.98. The molecule has 1 aromatic heterocycles. The van der Waals surface area contributed by atoms with Crippen molar-refractivity contribution in [3.8, 4) is 22.7 Å². The van der Waals surface area contributed by atoms with Crippen LogP contribution in [0.3, 0.4) is 0 Å². The molecule has 1 saturated heterocycles. The van der Waals surface area contributed by atoms with E-state index >= 15 is 0 Å². The van der Waals surface area contributed by atoms with Gasteiger partial charge < -0.3 is 14.5 Å². The second-order valence-corrected chi connectivity index (χ2v) is 7.92. The van der Waals surface area contributed by atoms with Gasteiger partial charge in [-0.1, -0.05) is 23.4 Å². The highest BCUT2D eigenvalue weighted by Gasteiger charge is 2.22. The minimum atomic E-state index is 0.0585. The van der Waals surface area contributed by atoms with Crippen LogP contribution in [0.15, 0.2) is 85.1 Å². The maximum absolute atomic E-state index is 13.1. The summed E-state index contributed by atoms with van der Waals surface area (Å²) in [5.74, 6) is 0.855. The van der Waals surface area contributed by atoms with Crippen molar-refractivity contribution in [2.75, 3.05) is 38.2 Å². The van der Waals surface area contributed by atoms with Gasteiger partial charge >= 0.3 is 0 Å². The van der Waals surface area contributed by atoms with Gasteiger partial charge in [0, 0.05) is 43.0 Å². The van der Waals surface area contributed by atoms with E-state index in [0.29, 0.717) is 18.7 Å². The molecule has 0 saturated carbocycles. The highest BCUT2D eigenvalue weighted by Crippen LogP contribution is 2.24. The van der Waals surface area contributed by atoms with Gasteiger partial charge in [-0.3, -0.25) is 4.79 Å². The summed E-state index contributed by atoms with van der Waals surface area (Å²) in [5, 5.41) is 8.32. The first-order valence-corrected chi connectivity index (χ1v) is 11.0. The molecule has 1 aliphatic rings. The molecule has 3 aromatic carbocycles. The summed E-state index contributed by atoms with van der Waals surface area (Å²) in [7, 11) is 1.65. The standard InChI is InChI=1S/C26H25N5O2/c1-33-24-13-9-20(10-14-24)25-19-27-28-31(25)23-11-7-21(8-12-23)26(32)30-17-15-29(16-18-30)22-5-3-2-4-6-22/h2-14,19H,15-18H2,1H3. The molecule has 7 heteroatoms. The molecule has 0 atom stereocenters. The first kappa shape index (κ1) is 20.8. The number of amides is 1. The quantitative estimate of drug-likeness (QED) is 0.472. The van der Waals surface area contributed by atoms with Crippen molar-refractivity contribution in [1.82, 2.24) is 19.9 Å². The summed E-state index contributed by atoms with van der Waals surface area (Å²) in [6, 6.07) is 25.6. The number of piperazine rings is 1. The Balaban J connectivity index is 1.28. The van der Waals surface area contributed by atoms with Crippen LogP contribution in [0, 0.1) is 0 Å². The van der Waals surface area contributed by atoms with E-state index in [1.807, 2.05) is 71.6 Å². The van der Waals surface area contributed by atoms with E-state index in [1.165, 1.54) is 5.69 Å². The SMILES string of the molecule is COc1ccc(-c2cnnn2-c2ccc(C(=O)N3CCN(c4ccccc4)CC3)cc2)cc1. The van der Waals surface area contributed by atoms with Gasteiger partial charge in [0.25, 0.3) is 5.91 Å². The van der Waals surface area contributed by atoms with Crippen LogP contribution in [0.4, 0.5) is 5.69 Å². The second-order valence-electron chi connectivity index (χ2n) is 7.92. The van der Waals surface area contributed by atoms with Crippen molar-refractivity contribution >= 4 is 11.6 Å². The van der Waals surface area contributed by atoms with Crippen LogP contribution in [0.5, 0.6) is 5.75 Å². The van der Waals surface area contributed by atoms with Crippen LogP contribution < -0.4 is 9.64 Å². The molecule has 4 aromatic rings. The van der Waals surface area contributed by atoms with Crippen molar-refractivity contribution in [3.63, 3.8) is 0 Å². The van der Waals surface area contributed by atoms with Gasteiger partial charge in [-0.05, 0) is 60.7 Å². The molecule has 0 radical (unpaired) electrons. The molecule has 1 fully saturated rings. The Morgan fingerprint density at radius 2 is 1.52 bits per heavy atom. The van der Waals surface area contributed by atoms with E-state index in [4.69, 9.17) is 4.74 Å². The lowest BCUT2D eigenvalue weighted by Gasteiger charge is -2.36. The number of methoxy groups -OCH3 is 1. The zero-order valence-electron chi connectivity index (χ0n) is 18.5. The molecule has 0 unspecified atom stereocenters. The van der Waals surface area contributed by atoms with Crippen LogP contribution in [-0.4, -0.2) is 59.1 Å². The van der Waals surface area contributed by atoms with E-state index in [2.05, 4.69) is 27.3 Å². The lowest BCUT2D eigenvalue weighted by Crippen LogP contribution is -2.48. The van der Waals surface area contributed by atoms with Gasteiger partial charge in [-0.15, -0.1) is 5.10 Å². The first-order valence-electron chi connectivity index (χ1n) is 11.0. The Morgan fingerprint density at radius 1 is 0.818 bits per heavy atom. The third-order valence-electron chi connectivity index (χ3n) is 5.98. The van der Waals surface area contributed by atoms with Crippen molar-refractivity contribution in [2.45, 2.75) is 0 Å². The molecule has 0 aliphatic carbocycles. The molecule has 33 heavy (non-hydrogen) atoms. The van der Waals surface area contributed by atoms with Crippen molar-refractivity contribution in [3.05, 3.63) is 90.6 Å². The predicted octanol–water partition coefficient (Wildman–Crippen LogP) is 3.91. The number of anilines is 1. The number of hydrogen-bond donors (Lipinski definition) is 0. The molecule has 166 valence electrons. The average molecular weight is 440 g/mol. The third kappa shape index (κ3) is 4.30. The molecule has 1 amide bonds. The number of benzene rings is 3. The number of hydrogen-bond acceptors (Lipinski definition) is 5. The number of nitrogens with zero attached hydrogens (tertiary/aromatic N) is 5. The maximum atomic E-state index is 13.1. The van der Waals surface area contributed by atoms with Gasteiger partial charge in [0.2, 0.25) is 0 Å². The summed E-state index contributed by atoms with van der Waals surface area (Å²) >= 11 is 0. The Kier molecular flexibility index (Phi) is 5.76. The zero-order valence-corrected chi connectivity index (χ0v) is 18.5. The van der Waals surface area contributed by atoms with Crippen molar-refractivity contribution in [2.24, 2.45) is 0 Å². The molecular formula is C26H25N5O2. The topological polar surface area (TPSA) is 63.5 Å². The number of carbonyl (C=O) groups is 1. The highest BCUT2D eigenvalue weighted by molar-refractivity contribution is 5.94. The van der Waals surface area contributed by atoms with E-state index < -0.39 is 0 Å². The normalized spacial score (nSPS) is 13.7. The van der Waals surface area contributed by atoms with Crippen LogP contribution in [0.1, 0.15) is 10.4 Å². The smallest absolute Gasteiger partial charge is 0.253 e.